The molecule has 1 aliphatic rings. The Bertz CT molecular complexity index is 424. The largest absolute Gasteiger partial charge is 0.351 e. The summed E-state index contributed by atoms with van der Waals surface area (Å²) in [6.45, 7) is 3.50. The van der Waals surface area contributed by atoms with Gasteiger partial charge in [0.25, 0.3) is 0 Å². The Labute approximate surface area is 109 Å². The van der Waals surface area contributed by atoms with Crippen molar-refractivity contribution in [2.45, 2.75) is 32.7 Å². The molecule has 0 radical (unpaired) electrons. The maximum atomic E-state index is 12.3. The van der Waals surface area contributed by atoms with Gasteiger partial charge in [0.2, 0.25) is 5.91 Å². The number of aryl methyl sites for hydroxylation is 1. The van der Waals surface area contributed by atoms with Crippen molar-refractivity contribution in [2.24, 2.45) is 5.41 Å². The molecular weight excluding hydrogens is 224 g/mol. The van der Waals surface area contributed by atoms with Crippen LogP contribution in [0.15, 0.2) is 24.3 Å². The van der Waals surface area contributed by atoms with Crippen LogP contribution in [0.3, 0.4) is 0 Å². The Balaban J connectivity index is 1.94. The molecule has 1 amide bonds. The first-order valence-corrected chi connectivity index (χ1v) is 6.65. The molecule has 0 saturated heterocycles. The lowest BCUT2D eigenvalue weighted by Gasteiger charge is -2.40. The normalized spacial score (nSPS) is 17.0. The average Bonchev–Trinajstić information content (AvgIpc) is 2.32. The molecule has 18 heavy (non-hydrogen) atoms. The topological polar surface area (TPSA) is 41.1 Å². The number of carbonyl (C=O) groups is 1. The molecular formula is C15H22N2O. The molecule has 1 aromatic rings. The van der Waals surface area contributed by atoms with E-state index in [1.54, 1.807) is 0 Å². The van der Waals surface area contributed by atoms with Crippen LogP contribution in [-0.2, 0) is 11.3 Å². The molecule has 0 spiro atoms. The molecule has 98 valence electrons. The fourth-order valence-electron chi connectivity index (χ4n) is 2.60. The number of carbonyl (C=O) groups excluding carboxylic acids is 1. The molecule has 1 aromatic carbocycles. The first-order chi connectivity index (χ1) is 8.68. The fourth-order valence-corrected chi connectivity index (χ4v) is 2.60. The van der Waals surface area contributed by atoms with Crippen molar-refractivity contribution < 1.29 is 4.79 Å². The Kier molecular flexibility index (Phi) is 4.02. The number of nitrogens with one attached hydrogen (secondary N) is 2. The standard InChI is InChI=1S/C15H22N2O/c1-12-6-3-4-7-13(12)10-17-14(18)15(11-16-2)8-5-9-15/h3-4,6-7,16H,5,8-11H2,1-2H3,(H,17,18). The molecule has 0 heterocycles. The van der Waals surface area contributed by atoms with Crippen LogP contribution in [0, 0.1) is 12.3 Å². The van der Waals surface area contributed by atoms with Crippen LogP contribution in [0.4, 0.5) is 0 Å². The summed E-state index contributed by atoms with van der Waals surface area (Å²) in [5.74, 6) is 0.200. The van der Waals surface area contributed by atoms with Gasteiger partial charge in [-0.2, -0.15) is 0 Å². The van der Waals surface area contributed by atoms with Crippen LogP contribution in [0.1, 0.15) is 30.4 Å². The maximum absolute atomic E-state index is 12.3. The molecule has 1 fully saturated rings. The van der Waals surface area contributed by atoms with Crippen molar-refractivity contribution in [1.82, 2.24) is 10.6 Å². The Morgan fingerprint density at radius 1 is 1.33 bits per heavy atom. The van der Waals surface area contributed by atoms with E-state index in [0.717, 1.165) is 19.4 Å². The Hall–Kier alpha value is -1.35. The van der Waals surface area contributed by atoms with E-state index in [9.17, 15) is 4.79 Å². The number of hydrogen-bond donors (Lipinski definition) is 2. The molecule has 0 unspecified atom stereocenters. The van der Waals surface area contributed by atoms with E-state index in [4.69, 9.17) is 0 Å². The van der Waals surface area contributed by atoms with Gasteiger partial charge >= 0.3 is 0 Å². The minimum atomic E-state index is -0.155. The lowest BCUT2D eigenvalue weighted by Crippen LogP contribution is -2.50. The van der Waals surface area contributed by atoms with Crippen LogP contribution in [-0.4, -0.2) is 19.5 Å². The minimum Gasteiger partial charge on any atom is -0.351 e. The van der Waals surface area contributed by atoms with E-state index in [0.29, 0.717) is 6.54 Å². The van der Waals surface area contributed by atoms with Crippen molar-refractivity contribution >= 4 is 5.91 Å². The van der Waals surface area contributed by atoms with Gasteiger partial charge in [0.05, 0.1) is 5.41 Å². The molecule has 3 heteroatoms. The second-order valence-corrected chi connectivity index (χ2v) is 5.27. The zero-order valence-electron chi connectivity index (χ0n) is 11.3. The molecule has 3 nitrogen and oxygen atoms in total. The summed E-state index contributed by atoms with van der Waals surface area (Å²) in [4.78, 5) is 12.3. The van der Waals surface area contributed by atoms with E-state index < -0.39 is 0 Å². The molecule has 0 bridgehead atoms. The first-order valence-electron chi connectivity index (χ1n) is 6.65. The Morgan fingerprint density at radius 2 is 2.06 bits per heavy atom. The second-order valence-electron chi connectivity index (χ2n) is 5.27. The predicted octanol–water partition coefficient (Wildman–Crippen LogP) is 2.00. The Morgan fingerprint density at radius 3 is 2.61 bits per heavy atom. The lowest BCUT2D eigenvalue weighted by atomic mass is 9.68. The highest BCUT2D eigenvalue weighted by Gasteiger charge is 2.43. The van der Waals surface area contributed by atoms with Crippen molar-refractivity contribution in [3.8, 4) is 0 Å². The molecule has 1 aliphatic carbocycles. The van der Waals surface area contributed by atoms with Crippen LogP contribution in [0.5, 0.6) is 0 Å². The molecule has 2 rings (SSSR count). The number of benzene rings is 1. The van der Waals surface area contributed by atoms with E-state index in [1.165, 1.54) is 17.5 Å². The molecule has 0 aliphatic heterocycles. The number of amides is 1. The van der Waals surface area contributed by atoms with Gasteiger partial charge in [0.15, 0.2) is 0 Å². The van der Waals surface area contributed by atoms with E-state index in [-0.39, 0.29) is 11.3 Å². The molecule has 0 aromatic heterocycles. The summed E-state index contributed by atoms with van der Waals surface area (Å²) in [6.07, 6.45) is 3.18. The SMILES string of the molecule is CNCC1(C(=O)NCc2ccccc2C)CCC1. The van der Waals surface area contributed by atoms with Crippen molar-refractivity contribution in [3.63, 3.8) is 0 Å². The van der Waals surface area contributed by atoms with Crippen molar-refractivity contribution in [2.75, 3.05) is 13.6 Å². The minimum absolute atomic E-state index is 0.155. The number of rotatable bonds is 5. The highest BCUT2D eigenvalue weighted by atomic mass is 16.2. The summed E-state index contributed by atoms with van der Waals surface area (Å²) in [5.41, 5.74) is 2.27. The quantitative estimate of drug-likeness (QED) is 0.834. The summed E-state index contributed by atoms with van der Waals surface area (Å²) < 4.78 is 0. The van der Waals surface area contributed by atoms with Gasteiger partial charge < -0.3 is 10.6 Å². The van der Waals surface area contributed by atoms with Crippen molar-refractivity contribution in [1.29, 1.82) is 0 Å². The van der Waals surface area contributed by atoms with E-state index in [1.807, 2.05) is 19.2 Å². The molecule has 2 N–H and O–H groups in total. The zero-order chi connectivity index (χ0) is 13.0. The monoisotopic (exact) mass is 246 g/mol. The van der Waals surface area contributed by atoms with Gasteiger partial charge in [-0.15, -0.1) is 0 Å². The van der Waals surface area contributed by atoms with Crippen molar-refractivity contribution in [3.05, 3.63) is 35.4 Å². The smallest absolute Gasteiger partial charge is 0.227 e. The van der Waals surface area contributed by atoms with Crippen LogP contribution in [0.2, 0.25) is 0 Å². The molecule has 1 saturated carbocycles. The highest BCUT2D eigenvalue weighted by Crippen LogP contribution is 2.40. The second kappa shape index (κ2) is 5.53. The van der Waals surface area contributed by atoms with Gasteiger partial charge in [-0.05, 0) is 37.9 Å². The van der Waals surface area contributed by atoms with Gasteiger partial charge in [0.1, 0.15) is 0 Å². The van der Waals surface area contributed by atoms with E-state index in [2.05, 4.69) is 29.7 Å². The van der Waals surface area contributed by atoms with Gasteiger partial charge in [-0.3, -0.25) is 4.79 Å². The maximum Gasteiger partial charge on any atom is 0.227 e. The summed E-state index contributed by atoms with van der Waals surface area (Å²) >= 11 is 0. The third kappa shape index (κ3) is 2.56. The van der Waals surface area contributed by atoms with Crippen LogP contribution >= 0.6 is 0 Å². The van der Waals surface area contributed by atoms with E-state index >= 15 is 0 Å². The highest BCUT2D eigenvalue weighted by molar-refractivity contribution is 5.83. The zero-order valence-corrected chi connectivity index (χ0v) is 11.3. The molecule has 0 atom stereocenters. The lowest BCUT2D eigenvalue weighted by molar-refractivity contribution is -0.135. The van der Waals surface area contributed by atoms with Crippen LogP contribution < -0.4 is 10.6 Å². The van der Waals surface area contributed by atoms with Gasteiger partial charge in [0, 0.05) is 13.1 Å². The summed E-state index contributed by atoms with van der Waals surface area (Å²) in [7, 11) is 1.91. The fraction of sp³-hybridized carbons (Fsp3) is 0.533. The summed E-state index contributed by atoms with van der Waals surface area (Å²) in [6, 6.07) is 8.19. The summed E-state index contributed by atoms with van der Waals surface area (Å²) in [5, 5.41) is 6.23. The van der Waals surface area contributed by atoms with Crippen LogP contribution in [0.25, 0.3) is 0 Å². The predicted molar refractivity (Wildman–Crippen MR) is 73.2 cm³/mol. The third-order valence-electron chi connectivity index (χ3n) is 4.01. The van der Waals surface area contributed by atoms with Gasteiger partial charge in [-0.25, -0.2) is 0 Å². The average molecular weight is 246 g/mol. The van der Waals surface area contributed by atoms with Gasteiger partial charge in [-0.1, -0.05) is 30.7 Å². The number of hydrogen-bond acceptors (Lipinski definition) is 2. The third-order valence-corrected chi connectivity index (χ3v) is 4.01. The first kappa shape index (κ1) is 13.1.